The highest BCUT2D eigenvalue weighted by molar-refractivity contribution is 5.66. The topological polar surface area (TPSA) is 57.5 Å². The van der Waals surface area contributed by atoms with Crippen LogP contribution in [0.1, 0.15) is 96.8 Å². The van der Waals surface area contributed by atoms with Crippen molar-refractivity contribution in [2.45, 2.75) is 96.8 Å². The lowest BCUT2D eigenvalue weighted by Gasteiger charge is -2.13. The predicted molar refractivity (Wildman–Crippen MR) is 88.5 cm³/mol. The standard InChI is InChI=1S/C18H36O3/c1-2-3-4-5-7-10-13-17(16-19)14-11-8-6-9-12-15-18(20)21/h17,19H,2-16H2,1H3,(H,20,21). The van der Waals surface area contributed by atoms with Crippen molar-refractivity contribution in [2.75, 3.05) is 6.61 Å². The number of carboxylic acid groups (broad SMARTS) is 1. The second-order valence-corrected chi connectivity index (χ2v) is 6.31. The van der Waals surface area contributed by atoms with Gasteiger partial charge < -0.3 is 10.2 Å². The highest BCUT2D eigenvalue weighted by Gasteiger charge is 2.07. The first-order valence-electron chi connectivity index (χ1n) is 9.03. The summed E-state index contributed by atoms with van der Waals surface area (Å²) >= 11 is 0. The molecule has 3 heteroatoms. The fourth-order valence-electron chi connectivity index (χ4n) is 2.78. The first-order valence-corrected chi connectivity index (χ1v) is 9.03. The van der Waals surface area contributed by atoms with Gasteiger partial charge in [-0.05, 0) is 25.2 Å². The van der Waals surface area contributed by atoms with Crippen molar-refractivity contribution in [3.8, 4) is 0 Å². The Balaban J connectivity index is 3.34. The molecule has 0 amide bonds. The summed E-state index contributed by atoms with van der Waals surface area (Å²) in [6.07, 6.45) is 15.8. The molecular formula is C18H36O3. The molecule has 21 heavy (non-hydrogen) atoms. The van der Waals surface area contributed by atoms with Gasteiger partial charge in [-0.1, -0.05) is 71.1 Å². The second-order valence-electron chi connectivity index (χ2n) is 6.31. The minimum Gasteiger partial charge on any atom is -0.481 e. The second kappa shape index (κ2) is 15.8. The van der Waals surface area contributed by atoms with E-state index in [4.69, 9.17) is 5.11 Å². The molecule has 0 rings (SSSR count). The smallest absolute Gasteiger partial charge is 0.303 e. The van der Waals surface area contributed by atoms with Gasteiger partial charge in [-0.3, -0.25) is 4.79 Å². The summed E-state index contributed by atoms with van der Waals surface area (Å²) in [5.41, 5.74) is 0. The lowest BCUT2D eigenvalue weighted by Crippen LogP contribution is -2.06. The maximum Gasteiger partial charge on any atom is 0.303 e. The average molecular weight is 300 g/mol. The summed E-state index contributed by atoms with van der Waals surface area (Å²) in [5.74, 6) is -0.204. The molecule has 0 fully saturated rings. The van der Waals surface area contributed by atoms with Gasteiger partial charge in [0.25, 0.3) is 0 Å². The SMILES string of the molecule is CCCCCCCCC(CO)CCCCCCCC(=O)O. The van der Waals surface area contributed by atoms with Crippen LogP contribution in [0, 0.1) is 5.92 Å². The maximum atomic E-state index is 10.4. The largest absolute Gasteiger partial charge is 0.481 e. The van der Waals surface area contributed by atoms with E-state index in [0.717, 1.165) is 25.7 Å². The summed E-state index contributed by atoms with van der Waals surface area (Å²) in [7, 11) is 0. The first-order chi connectivity index (χ1) is 10.2. The third kappa shape index (κ3) is 15.6. The van der Waals surface area contributed by atoms with Crippen molar-refractivity contribution in [3.63, 3.8) is 0 Å². The lowest BCUT2D eigenvalue weighted by molar-refractivity contribution is -0.137. The van der Waals surface area contributed by atoms with Crippen LogP contribution in [0.5, 0.6) is 0 Å². The molecule has 1 atom stereocenters. The molecule has 0 aromatic heterocycles. The van der Waals surface area contributed by atoms with Crippen LogP contribution in [-0.2, 0) is 4.79 Å². The van der Waals surface area contributed by atoms with E-state index in [0.29, 0.717) is 18.9 Å². The monoisotopic (exact) mass is 300 g/mol. The number of aliphatic carboxylic acids is 1. The Labute approximate surface area is 131 Å². The minimum absolute atomic E-state index is 0.303. The molecule has 0 bridgehead atoms. The van der Waals surface area contributed by atoms with Crippen molar-refractivity contribution in [3.05, 3.63) is 0 Å². The van der Waals surface area contributed by atoms with E-state index in [1.807, 2.05) is 0 Å². The Morgan fingerprint density at radius 2 is 1.29 bits per heavy atom. The molecule has 2 N–H and O–H groups in total. The molecule has 0 aliphatic rings. The van der Waals surface area contributed by atoms with Crippen LogP contribution in [0.4, 0.5) is 0 Å². The van der Waals surface area contributed by atoms with Crippen molar-refractivity contribution in [2.24, 2.45) is 5.92 Å². The fourth-order valence-corrected chi connectivity index (χ4v) is 2.78. The third-order valence-corrected chi connectivity index (χ3v) is 4.23. The highest BCUT2D eigenvalue weighted by Crippen LogP contribution is 2.18. The molecule has 126 valence electrons. The summed E-state index contributed by atoms with van der Waals surface area (Å²) in [6, 6.07) is 0. The molecule has 3 nitrogen and oxygen atoms in total. The third-order valence-electron chi connectivity index (χ3n) is 4.23. The number of carbonyl (C=O) groups is 1. The van der Waals surface area contributed by atoms with Gasteiger partial charge in [0.05, 0.1) is 0 Å². The predicted octanol–water partition coefficient (Wildman–Crippen LogP) is 5.16. The van der Waals surface area contributed by atoms with Gasteiger partial charge in [-0.25, -0.2) is 0 Å². The van der Waals surface area contributed by atoms with Gasteiger partial charge in [0, 0.05) is 13.0 Å². The van der Waals surface area contributed by atoms with Crippen LogP contribution in [0.15, 0.2) is 0 Å². The zero-order valence-electron chi connectivity index (χ0n) is 14.0. The molecule has 0 heterocycles. The summed E-state index contributed by atoms with van der Waals surface area (Å²) in [4.78, 5) is 10.4. The lowest BCUT2D eigenvalue weighted by atomic mass is 9.95. The molecule has 0 aliphatic heterocycles. The van der Waals surface area contributed by atoms with Gasteiger partial charge in [-0.2, -0.15) is 0 Å². The number of hydrogen-bond donors (Lipinski definition) is 2. The zero-order valence-corrected chi connectivity index (χ0v) is 14.0. The molecule has 0 saturated heterocycles. The van der Waals surface area contributed by atoms with Crippen molar-refractivity contribution in [1.82, 2.24) is 0 Å². The molecule has 1 unspecified atom stereocenters. The van der Waals surface area contributed by atoms with E-state index in [1.165, 1.54) is 57.8 Å². The Hall–Kier alpha value is -0.570. The Kier molecular flexibility index (Phi) is 15.4. The van der Waals surface area contributed by atoms with Crippen LogP contribution < -0.4 is 0 Å². The normalized spacial score (nSPS) is 12.5. The van der Waals surface area contributed by atoms with E-state index in [1.54, 1.807) is 0 Å². The average Bonchev–Trinajstić information content (AvgIpc) is 2.47. The highest BCUT2D eigenvalue weighted by atomic mass is 16.4. The number of aliphatic hydroxyl groups is 1. The van der Waals surface area contributed by atoms with E-state index in [2.05, 4.69) is 6.92 Å². The molecule has 0 aromatic carbocycles. The van der Waals surface area contributed by atoms with Gasteiger partial charge in [-0.15, -0.1) is 0 Å². The van der Waals surface area contributed by atoms with Crippen molar-refractivity contribution in [1.29, 1.82) is 0 Å². The molecule has 0 spiro atoms. The van der Waals surface area contributed by atoms with Gasteiger partial charge in [0.1, 0.15) is 0 Å². The number of carboxylic acids is 1. The number of hydrogen-bond acceptors (Lipinski definition) is 2. The molecule has 0 saturated carbocycles. The van der Waals surface area contributed by atoms with Gasteiger partial charge >= 0.3 is 5.97 Å². The van der Waals surface area contributed by atoms with Crippen molar-refractivity contribution >= 4 is 5.97 Å². The van der Waals surface area contributed by atoms with Crippen LogP contribution in [0.3, 0.4) is 0 Å². The summed E-state index contributed by atoms with van der Waals surface area (Å²) in [6.45, 7) is 2.57. The first kappa shape index (κ1) is 20.4. The molecule has 0 aromatic rings. The Morgan fingerprint density at radius 1 is 0.810 bits per heavy atom. The van der Waals surface area contributed by atoms with Crippen LogP contribution >= 0.6 is 0 Å². The quantitative estimate of drug-likeness (QED) is 0.387. The number of aliphatic hydroxyl groups excluding tert-OH is 1. The molecule has 0 radical (unpaired) electrons. The van der Waals surface area contributed by atoms with Crippen LogP contribution in [0.25, 0.3) is 0 Å². The maximum absolute atomic E-state index is 10.4. The molecular weight excluding hydrogens is 264 g/mol. The molecule has 0 aliphatic carbocycles. The van der Waals surface area contributed by atoms with Crippen LogP contribution in [-0.4, -0.2) is 22.8 Å². The van der Waals surface area contributed by atoms with E-state index in [-0.39, 0.29) is 0 Å². The summed E-state index contributed by atoms with van der Waals surface area (Å²) in [5, 5.41) is 17.9. The Bertz CT molecular complexity index is 229. The zero-order chi connectivity index (χ0) is 15.8. The van der Waals surface area contributed by atoms with E-state index >= 15 is 0 Å². The minimum atomic E-state index is -0.686. The Morgan fingerprint density at radius 3 is 1.76 bits per heavy atom. The summed E-state index contributed by atoms with van der Waals surface area (Å²) < 4.78 is 0. The van der Waals surface area contributed by atoms with E-state index < -0.39 is 5.97 Å². The van der Waals surface area contributed by atoms with Crippen molar-refractivity contribution < 1.29 is 15.0 Å². The number of rotatable bonds is 16. The van der Waals surface area contributed by atoms with E-state index in [9.17, 15) is 9.90 Å². The van der Waals surface area contributed by atoms with Gasteiger partial charge in [0.15, 0.2) is 0 Å². The fraction of sp³-hybridized carbons (Fsp3) is 0.944. The number of unbranched alkanes of at least 4 members (excludes halogenated alkanes) is 9. The van der Waals surface area contributed by atoms with Gasteiger partial charge in [0.2, 0.25) is 0 Å². The van der Waals surface area contributed by atoms with Crippen LogP contribution in [0.2, 0.25) is 0 Å².